The summed E-state index contributed by atoms with van der Waals surface area (Å²) in [6, 6.07) is 14.5. The molecule has 0 fully saturated rings. The average Bonchev–Trinajstić information content (AvgIpc) is 2.64. The summed E-state index contributed by atoms with van der Waals surface area (Å²) in [5.41, 5.74) is 7.33. The number of carboxylic acid groups (broad SMARTS) is 1. The van der Waals surface area contributed by atoms with E-state index < -0.39 is 5.97 Å². The molecule has 0 aromatic heterocycles. The number of nitrogens with two attached hydrogens (primary N) is 1. The van der Waals surface area contributed by atoms with Gasteiger partial charge >= 0.3 is 5.97 Å². The van der Waals surface area contributed by atoms with E-state index in [0.717, 1.165) is 36.1 Å². The maximum absolute atomic E-state index is 10.8. The first kappa shape index (κ1) is 19.2. The Kier molecular flexibility index (Phi) is 7.43. The summed E-state index contributed by atoms with van der Waals surface area (Å²) < 4.78 is 5.67. The molecule has 0 aliphatic rings. The third-order valence-electron chi connectivity index (χ3n) is 3.84. The largest absolute Gasteiger partial charge is 0.494 e. The molecule has 0 unspecified atom stereocenters. The van der Waals surface area contributed by atoms with Gasteiger partial charge in [0, 0.05) is 6.42 Å². The Morgan fingerprint density at radius 1 is 0.885 bits per heavy atom. The molecule has 2 rings (SSSR count). The zero-order valence-electron chi connectivity index (χ0n) is 14.6. The standard InChI is InChI=1S/C21H23NO4/c22-20(23)4-2-1-3-15-26-19-13-9-17(10-14-19)6-5-16-7-11-18(12-8-16)21(24)25/h5-14H,1-4,15H2,(H2,22,23)(H,24,25)/b6-5+. The maximum Gasteiger partial charge on any atom is 0.335 e. The number of unbranched alkanes of at least 4 members (excludes halogenated alkanes) is 2. The summed E-state index contributed by atoms with van der Waals surface area (Å²) in [7, 11) is 0. The molecule has 2 aromatic carbocycles. The second kappa shape index (κ2) is 10.0. The number of carboxylic acids is 1. The Morgan fingerprint density at radius 3 is 2.00 bits per heavy atom. The van der Waals surface area contributed by atoms with E-state index in [1.807, 2.05) is 36.4 Å². The van der Waals surface area contributed by atoms with Gasteiger partial charge in [-0.3, -0.25) is 4.79 Å². The quantitative estimate of drug-likeness (QED) is 0.499. The summed E-state index contributed by atoms with van der Waals surface area (Å²) >= 11 is 0. The van der Waals surface area contributed by atoms with Crippen LogP contribution in [0.2, 0.25) is 0 Å². The van der Waals surface area contributed by atoms with Crippen molar-refractivity contribution in [1.82, 2.24) is 0 Å². The molecule has 0 saturated heterocycles. The van der Waals surface area contributed by atoms with Crippen LogP contribution in [0.3, 0.4) is 0 Å². The van der Waals surface area contributed by atoms with Gasteiger partial charge in [-0.05, 0) is 54.7 Å². The van der Waals surface area contributed by atoms with Crippen LogP contribution in [0.5, 0.6) is 5.75 Å². The van der Waals surface area contributed by atoms with E-state index in [4.69, 9.17) is 15.6 Å². The van der Waals surface area contributed by atoms with Crippen LogP contribution >= 0.6 is 0 Å². The van der Waals surface area contributed by atoms with Gasteiger partial charge < -0.3 is 15.6 Å². The highest BCUT2D eigenvalue weighted by Crippen LogP contribution is 2.15. The number of carbonyl (C=O) groups is 2. The van der Waals surface area contributed by atoms with Crippen molar-refractivity contribution in [1.29, 1.82) is 0 Å². The van der Waals surface area contributed by atoms with Crippen LogP contribution in [0.25, 0.3) is 12.2 Å². The van der Waals surface area contributed by atoms with Crippen LogP contribution in [-0.2, 0) is 4.79 Å². The minimum absolute atomic E-state index is 0.257. The van der Waals surface area contributed by atoms with Gasteiger partial charge in [-0.2, -0.15) is 0 Å². The van der Waals surface area contributed by atoms with Gasteiger partial charge in [-0.25, -0.2) is 4.79 Å². The summed E-state index contributed by atoms with van der Waals surface area (Å²) in [5, 5.41) is 8.89. The lowest BCUT2D eigenvalue weighted by molar-refractivity contribution is -0.118. The molecule has 136 valence electrons. The van der Waals surface area contributed by atoms with Gasteiger partial charge in [0.05, 0.1) is 12.2 Å². The molecular formula is C21H23NO4. The monoisotopic (exact) mass is 353 g/mol. The molecule has 3 N–H and O–H groups in total. The maximum atomic E-state index is 10.8. The zero-order chi connectivity index (χ0) is 18.8. The van der Waals surface area contributed by atoms with Gasteiger partial charge in [0.1, 0.15) is 5.75 Å². The summed E-state index contributed by atoms with van der Waals surface area (Å²) in [5.74, 6) is -0.376. The van der Waals surface area contributed by atoms with Crippen LogP contribution in [0.4, 0.5) is 0 Å². The van der Waals surface area contributed by atoms with E-state index in [2.05, 4.69) is 0 Å². The topological polar surface area (TPSA) is 89.6 Å². The number of aromatic carboxylic acids is 1. The fourth-order valence-corrected chi connectivity index (χ4v) is 2.37. The third-order valence-corrected chi connectivity index (χ3v) is 3.84. The van der Waals surface area contributed by atoms with Crippen molar-refractivity contribution in [3.05, 3.63) is 65.2 Å². The molecule has 2 aromatic rings. The van der Waals surface area contributed by atoms with Crippen molar-refractivity contribution in [2.45, 2.75) is 25.7 Å². The number of hydrogen-bond acceptors (Lipinski definition) is 3. The number of primary amides is 1. The number of carbonyl (C=O) groups excluding carboxylic acids is 1. The molecule has 0 bridgehead atoms. The molecule has 5 nitrogen and oxygen atoms in total. The number of benzene rings is 2. The van der Waals surface area contributed by atoms with Crippen molar-refractivity contribution in [2.75, 3.05) is 6.61 Å². The Labute approximate surface area is 153 Å². The zero-order valence-corrected chi connectivity index (χ0v) is 14.6. The van der Waals surface area contributed by atoms with Gasteiger partial charge in [-0.15, -0.1) is 0 Å². The van der Waals surface area contributed by atoms with E-state index in [1.54, 1.807) is 24.3 Å². The summed E-state index contributed by atoms with van der Waals surface area (Å²) in [6.07, 6.45) is 6.94. The van der Waals surface area contributed by atoms with Crippen molar-refractivity contribution >= 4 is 24.0 Å². The van der Waals surface area contributed by atoms with Crippen molar-refractivity contribution in [3.63, 3.8) is 0 Å². The lowest BCUT2D eigenvalue weighted by Gasteiger charge is -2.06. The van der Waals surface area contributed by atoms with E-state index in [9.17, 15) is 9.59 Å². The molecular weight excluding hydrogens is 330 g/mol. The molecule has 0 aliphatic heterocycles. The third kappa shape index (κ3) is 6.81. The predicted molar refractivity (Wildman–Crippen MR) is 102 cm³/mol. The first-order valence-corrected chi connectivity index (χ1v) is 8.57. The van der Waals surface area contributed by atoms with Crippen molar-refractivity contribution in [3.8, 4) is 5.75 Å². The van der Waals surface area contributed by atoms with Gasteiger partial charge in [0.15, 0.2) is 0 Å². The van der Waals surface area contributed by atoms with Crippen LogP contribution in [0.1, 0.15) is 47.2 Å². The van der Waals surface area contributed by atoms with Crippen molar-refractivity contribution in [2.24, 2.45) is 5.73 Å². The second-order valence-electron chi connectivity index (χ2n) is 5.95. The van der Waals surface area contributed by atoms with Crippen molar-refractivity contribution < 1.29 is 19.4 Å². The Balaban J connectivity index is 1.77. The number of hydrogen-bond donors (Lipinski definition) is 2. The van der Waals surface area contributed by atoms with Crippen LogP contribution in [-0.4, -0.2) is 23.6 Å². The van der Waals surface area contributed by atoms with Gasteiger partial charge in [-0.1, -0.05) is 36.4 Å². The summed E-state index contributed by atoms with van der Waals surface area (Å²) in [4.78, 5) is 21.5. The van der Waals surface area contributed by atoms with Crippen LogP contribution in [0.15, 0.2) is 48.5 Å². The highest BCUT2D eigenvalue weighted by molar-refractivity contribution is 5.88. The number of ether oxygens (including phenoxy) is 1. The molecule has 26 heavy (non-hydrogen) atoms. The van der Waals surface area contributed by atoms with Crippen LogP contribution < -0.4 is 10.5 Å². The van der Waals surface area contributed by atoms with E-state index >= 15 is 0 Å². The molecule has 0 spiro atoms. The molecule has 0 saturated carbocycles. The Morgan fingerprint density at radius 2 is 1.46 bits per heavy atom. The Bertz CT molecular complexity index is 749. The molecule has 1 amide bonds. The van der Waals surface area contributed by atoms with E-state index in [1.165, 1.54) is 0 Å². The lowest BCUT2D eigenvalue weighted by Crippen LogP contribution is -2.09. The smallest absolute Gasteiger partial charge is 0.335 e. The molecule has 5 heteroatoms. The molecule has 0 atom stereocenters. The van der Waals surface area contributed by atoms with Gasteiger partial charge in [0.2, 0.25) is 5.91 Å². The first-order chi connectivity index (χ1) is 12.5. The first-order valence-electron chi connectivity index (χ1n) is 8.57. The SMILES string of the molecule is NC(=O)CCCCCOc1ccc(/C=C/c2ccc(C(=O)O)cc2)cc1. The van der Waals surface area contributed by atoms with Crippen LogP contribution in [0, 0.1) is 0 Å². The Hall–Kier alpha value is -3.08. The molecule has 0 radical (unpaired) electrons. The highest BCUT2D eigenvalue weighted by atomic mass is 16.5. The fourth-order valence-electron chi connectivity index (χ4n) is 2.37. The normalized spacial score (nSPS) is 10.8. The highest BCUT2D eigenvalue weighted by Gasteiger charge is 2.00. The fraction of sp³-hybridized carbons (Fsp3) is 0.238. The lowest BCUT2D eigenvalue weighted by atomic mass is 10.1. The molecule has 0 aliphatic carbocycles. The van der Waals surface area contributed by atoms with Gasteiger partial charge in [0.25, 0.3) is 0 Å². The van der Waals surface area contributed by atoms with E-state index in [-0.39, 0.29) is 11.5 Å². The second-order valence-corrected chi connectivity index (χ2v) is 5.95. The minimum atomic E-state index is -0.927. The predicted octanol–water partition coefficient (Wildman–Crippen LogP) is 3.98. The minimum Gasteiger partial charge on any atom is -0.494 e. The number of amides is 1. The molecule has 0 heterocycles. The average molecular weight is 353 g/mol. The number of rotatable bonds is 10. The summed E-state index contributed by atoms with van der Waals surface area (Å²) in [6.45, 7) is 0.615. The van der Waals surface area contributed by atoms with E-state index in [0.29, 0.717) is 13.0 Å².